The molecule has 0 bridgehead atoms. The third-order valence-corrected chi connectivity index (χ3v) is 6.12. The van der Waals surface area contributed by atoms with E-state index in [4.69, 9.17) is 0 Å². The molecule has 2 rings (SSSR count). The molecule has 5 nitrogen and oxygen atoms in total. The van der Waals surface area contributed by atoms with Gasteiger partial charge in [-0.3, -0.25) is 4.79 Å². The van der Waals surface area contributed by atoms with Crippen molar-refractivity contribution < 1.29 is 13.2 Å². The zero-order valence-corrected chi connectivity index (χ0v) is 16.4. The van der Waals surface area contributed by atoms with E-state index in [0.717, 1.165) is 18.4 Å². The summed E-state index contributed by atoms with van der Waals surface area (Å²) in [5.74, 6) is -0.142. The highest BCUT2D eigenvalue weighted by molar-refractivity contribution is 7.89. The minimum atomic E-state index is -3.51. The highest BCUT2D eigenvalue weighted by Crippen LogP contribution is 2.17. The van der Waals surface area contributed by atoms with Crippen LogP contribution in [0.3, 0.4) is 0 Å². The highest BCUT2D eigenvalue weighted by Gasteiger charge is 2.21. The first-order valence-electron chi connectivity index (χ1n) is 8.72. The van der Waals surface area contributed by atoms with E-state index in [9.17, 15) is 13.2 Å². The second-order valence-corrected chi connectivity index (χ2v) is 8.40. The second kappa shape index (κ2) is 8.96. The van der Waals surface area contributed by atoms with Gasteiger partial charge in [-0.1, -0.05) is 43.7 Å². The maximum atomic E-state index is 12.6. The van der Waals surface area contributed by atoms with E-state index in [1.807, 2.05) is 37.3 Å². The predicted molar refractivity (Wildman–Crippen MR) is 103 cm³/mol. The zero-order chi connectivity index (χ0) is 19.2. The third kappa shape index (κ3) is 4.93. The van der Waals surface area contributed by atoms with E-state index < -0.39 is 10.0 Å². The Morgan fingerprint density at radius 1 is 0.962 bits per heavy atom. The fourth-order valence-corrected chi connectivity index (χ4v) is 3.81. The summed E-state index contributed by atoms with van der Waals surface area (Å²) in [5, 5.41) is 0. The molecule has 140 valence electrons. The lowest BCUT2D eigenvalue weighted by molar-refractivity contribution is 0.0785. The first-order chi connectivity index (χ1) is 12.4. The summed E-state index contributed by atoms with van der Waals surface area (Å²) in [6, 6.07) is 15.9. The molecule has 0 atom stereocenters. The Balaban J connectivity index is 2.09. The van der Waals surface area contributed by atoms with Gasteiger partial charge in [-0.2, -0.15) is 0 Å². The molecule has 0 saturated heterocycles. The first-order valence-corrected chi connectivity index (χ1v) is 10.2. The lowest BCUT2D eigenvalue weighted by Crippen LogP contribution is -2.28. The molecular weight excluding hydrogens is 348 g/mol. The smallest absolute Gasteiger partial charge is 0.253 e. The minimum Gasteiger partial charge on any atom is -0.337 e. The van der Waals surface area contributed by atoms with Crippen LogP contribution in [0, 0.1) is 0 Å². The van der Waals surface area contributed by atoms with Gasteiger partial charge in [0.25, 0.3) is 5.91 Å². The molecule has 0 aliphatic heterocycles. The third-order valence-electron chi connectivity index (χ3n) is 4.25. The summed E-state index contributed by atoms with van der Waals surface area (Å²) in [7, 11) is -0.198. The molecule has 0 spiro atoms. The Kier molecular flexibility index (Phi) is 6.94. The number of hydrogen-bond acceptors (Lipinski definition) is 3. The van der Waals surface area contributed by atoms with Crippen LogP contribution in [0.5, 0.6) is 0 Å². The van der Waals surface area contributed by atoms with E-state index in [1.165, 1.54) is 16.4 Å². The number of hydrogen-bond donors (Lipinski definition) is 0. The largest absolute Gasteiger partial charge is 0.337 e. The van der Waals surface area contributed by atoms with Crippen LogP contribution >= 0.6 is 0 Å². The quantitative estimate of drug-likeness (QED) is 0.712. The topological polar surface area (TPSA) is 57.7 Å². The summed E-state index contributed by atoms with van der Waals surface area (Å²) in [5.41, 5.74) is 1.51. The zero-order valence-electron chi connectivity index (χ0n) is 15.6. The Morgan fingerprint density at radius 2 is 1.58 bits per heavy atom. The average Bonchev–Trinajstić information content (AvgIpc) is 2.66. The van der Waals surface area contributed by atoms with Crippen molar-refractivity contribution in [3.8, 4) is 0 Å². The molecular formula is C20H26N2O3S. The molecule has 2 aromatic rings. The van der Waals surface area contributed by atoms with E-state index >= 15 is 0 Å². The number of unbranched alkanes of at least 4 members (excludes halogenated alkanes) is 1. The van der Waals surface area contributed by atoms with Gasteiger partial charge in [-0.15, -0.1) is 0 Å². The molecule has 0 radical (unpaired) electrons. The predicted octanol–water partition coefficient (Wildman–Crippen LogP) is 3.38. The number of nitrogens with zero attached hydrogens (tertiary/aromatic N) is 2. The maximum Gasteiger partial charge on any atom is 0.253 e. The molecule has 2 aromatic carbocycles. The van der Waals surface area contributed by atoms with Gasteiger partial charge < -0.3 is 4.90 Å². The standard InChI is InChI=1S/C20H26N2O3S/c1-4-5-15-22(3)26(24,25)19-13-11-18(12-14-19)20(23)21(2)16-17-9-7-6-8-10-17/h6-14H,4-5,15-16H2,1-3H3. The molecule has 0 fully saturated rings. The Morgan fingerprint density at radius 3 is 2.15 bits per heavy atom. The van der Waals surface area contributed by atoms with E-state index in [-0.39, 0.29) is 10.8 Å². The highest BCUT2D eigenvalue weighted by atomic mass is 32.2. The van der Waals surface area contributed by atoms with Crippen molar-refractivity contribution in [2.75, 3.05) is 20.6 Å². The lowest BCUT2D eigenvalue weighted by Gasteiger charge is -2.19. The van der Waals surface area contributed by atoms with Crippen LogP contribution in [0.25, 0.3) is 0 Å². The SMILES string of the molecule is CCCCN(C)S(=O)(=O)c1ccc(C(=O)N(C)Cc2ccccc2)cc1. The molecule has 6 heteroatoms. The van der Waals surface area contributed by atoms with Crippen molar-refractivity contribution in [3.05, 3.63) is 65.7 Å². The van der Waals surface area contributed by atoms with Crippen molar-refractivity contribution >= 4 is 15.9 Å². The molecule has 0 unspecified atom stereocenters. The van der Waals surface area contributed by atoms with Crippen LogP contribution < -0.4 is 0 Å². The molecule has 1 amide bonds. The summed E-state index contributed by atoms with van der Waals surface area (Å²) < 4.78 is 26.4. The molecule has 0 N–H and O–H groups in total. The lowest BCUT2D eigenvalue weighted by atomic mass is 10.1. The number of carbonyl (C=O) groups is 1. The van der Waals surface area contributed by atoms with Gasteiger partial charge in [-0.25, -0.2) is 12.7 Å². The van der Waals surface area contributed by atoms with Crippen LogP contribution in [0.1, 0.15) is 35.7 Å². The van der Waals surface area contributed by atoms with Crippen LogP contribution in [-0.4, -0.2) is 44.2 Å². The molecule has 0 heterocycles. The van der Waals surface area contributed by atoms with Gasteiger partial charge in [0.2, 0.25) is 10.0 Å². The van der Waals surface area contributed by atoms with Gasteiger partial charge >= 0.3 is 0 Å². The summed E-state index contributed by atoms with van der Waals surface area (Å²) in [6.07, 6.45) is 1.75. The summed E-state index contributed by atoms with van der Waals surface area (Å²) in [4.78, 5) is 14.4. The van der Waals surface area contributed by atoms with E-state index in [1.54, 1.807) is 31.1 Å². The van der Waals surface area contributed by atoms with Crippen molar-refractivity contribution in [2.24, 2.45) is 0 Å². The fourth-order valence-electron chi connectivity index (χ4n) is 2.60. The van der Waals surface area contributed by atoms with Gasteiger partial charge in [0.1, 0.15) is 0 Å². The maximum absolute atomic E-state index is 12.6. The molecule has 26 heavy (non-hydrogen) atoms. The monoisotopic (exact) mass is 374 g/mol. The van der Waals surface area contributed by atoms with Crippen molar-refractivity contribution in [2.45, 2.75) is 31.2 Å². The van der Waals surface area contributed by atoms with Gasteiger partial charge in [0.05, 0.1) is 4.90 Å². The minimum absolute atomic E-state index is 0.142. The summed E-state index contributed by atoms with van der Waals surface area (Å²) >= 11 is 0. The van der Waals surface area contributed by atoms with Crippen molar-refractivity contribution in [3.63, 3.8) is 0 Å². The van der Waals surface area contributed by atoms with Crippen LogP contribution in [-0.2, 0) is 16.6 Å². The van der Waals surface area contributed by atoms with Crippen LogP contribution in [0.2, 0.25) is 0 Å². The number of carbonyl (C=O) groups excluding carboxylic acids is 1. The molecule has 0 aromatic heterocycles. The van der Waals surface area contributed by atoms with E-state index in [2.05, 4.69) is 0 Å². The number of sulfonamides is 1. The number of benzene rings is 2. The Labute approximate surface area is 156 Å². The van der Waals surface area contributed by atoms with Gasteiger partial charge in [0, 0.05) is 32.7 Å². The van der Waals surface area contributed by atoms with E-state index in [0.29, 0.717) is 18.7 Å². The molecule has 0 aliphatic carbocycles. The van der Waals surface area contributed by atoms with Crippen molar-refractivity contribution in [1.82, 2.24) is 9.21 Å². The van der Waals surface area contributed by atoms with Gasteiger partial charge in [-0.05, 0) is 36.2 Å². The Hall–Kier alpha value is -2.18. The Bertz CT molecular complexity index is 818. The first kappa shape index (κ1) is 20.1. The van der Waals surface area contributed by atoms with Crippen LogP contribution in [0.4, 0.5) is 0 Å². The van der Waals surface area contributed by atoms with Crippen LogP contribution in [0.15, 0.2) is 59.5 Å². The number of rotatable bonds is 8. The molecule has 0 saturated carbocycles. The second-order valence-electron chi connectivity index (χ2n) is 6.35. The summed E-state index contributed by atoms with van der Waals surface area (Å²) in [6.45, 7) is 3.01. The average molecular weight is 375 g/mol. The normalized spacial score (nSPS) is 11.5. The molecule has 0 aliphatic rings. The fraction of sp³-hybridized carbons (Fsp3) is 0.350. The van der Waals surface area contributed by atoms with Gasteiger partial charge in [0.15, 0.2) is 0 Å². The van der Waals surface area contributed by atoms with Crippen molar-refractivity contribution in [1.29, 1.82) is 0 Å². The number of amides is 1.